The Hall–Kier alpha value is -2.12. The van der Waals surface area contributed by atoms with Crippen LogP contribution in [0.25, 0.3) is 0 Å². The van der Waals surface area contributed by atoms with Crippen molar-refractivity contribution in [3.63, 3.8) is 0 Å². The number of carbonyl (C=O) groups is 2. The smallest absolute Gasteiger partial charge is 0.266 e. The molecular weight excluding hydrogens is 358 g/mol. The molecule has 1 saturated heterocycles. The van der Waals surface area contributed by atoms with Crippen LogP contribution in [0, 0.1) is 0 Å². The van der Waals surface area contributed by atoms with Gasteiger partial charge in [-0.2, -0.15) is 0 Å². The number of nitrogens with zero attached hydrogens (tertiary/aromatic N) is 1. The second-order valence-electron chi connectivity index (χ2n) is 7.96. The molecule has 2 aliphatic heterocycles. The van der Waals surface area contributed by atoms with Gasteiger partial charge in [0, 0.05) is 25.2 Å². The van der Waals surface area contributed by atoms with Crippen molar-refractivity contribution in [2.45, 2.75) is 50.2 Å². The zero-order valence-corrected chi connectivity index (χ0v) is 16.2. The molecule has 7 nitrogen and oxygen atoms in total. The molecule has 3 aliphatic rings. The van der Waals surface area contributed by atoms with Gasteiger partial charge in [0.25, 0.3) is 5.91 Å². The minimum Gasteiger partial charge on any atom is -0.478 e. The summed E-state index contributed by atoms with van der Waals surface area (Å²) in [4.78, 5) is 27.4. The van der Waals surface area contributed by atoms with Crippen LogP contribution >= 0.6 is 0 Å². The number of para-hydroxylation sites is 2. The number of anilines is 1. The first-order chi connectivity index (χ1) is 13.7. The lowest BCUT2D eigenvalue weighted by Gasteiger charge is -2.48. The van der Waals surface area contributed by atoms with Gasteiger partial charge < -0.3 is 20.1 Å². The van der Waals surface area contributed by atoms with Gasteiger partial charge in [0.2, 0.25) is 5.91 Å². The molecule has 0 radical (unpaired) electrons. The Bertz CT molecular complexity index is 711. The molecule has 0 bridgehead atoms. The van der Waals surface area contributed by atoms with E-state index in [9.17, 15) is 9.59 Å². The lowest BCUT2D eigenvalue weighted by atomic mass is 9.79. The number of morpholine rings is 1. The molecule has 1 saturated carbocycles. The van der Waals surface area contributed by atoms with Crippen LogP contribution in [0.4, 0.5) is 5.69 Å². The Morgan fingerprint density at radius 3 is 2.71 bits per heavy atom. The molecule has 2 fully saturated rings. The predicted molar refractivity (Wildman–Crippen MR) is 105 cm³/mol. The third-order valence-electron chi connectivity index (χ3n) is 6.16. The molecule has 0 unspecified atom stereocenters. The summed E-state index contributed by atoms with van der Waals surface area (Å²) in [5, 5.41) is 5.91. The summed E-state index contributed by atoms with van der Waals surface area (Å²) >= 11 is 0. The van der Waals surface area contributed by atoms with Gasteiger partial charge in [0.1, 0.15) is 5.75 Å². The molecule has 1 aromatic rings. The van der Waals surface area contributed by atoms with E-state index in [1.807, 2.05) is 12.1 Å². The van der Waals surface area contributed by atoms with Crippen molar-refractivity contribution < 1.29 is 19.1 Å². The van der Waals surface area contributed by atoms with E-state index in [1.165, 1.54) is 19.3 Å². The van der Waals surface area contributed by atoms with Crippen molar-refractivity contribution in [2.75, 3.05) is 38.2 Å². The van der Waals surface area contributed by atoms with Gasteiger partial charge in [-0.3, -0.25) is 14.5 Å². The van der Waals surface area contributed by atoms with E-state index in [0.717, 1.165) is 39.1 Å². The fourth-order valence-corrected chi connectivity index (χ4v) is 4.58. The van der Waals surface area contributed by atoms with Gasteiger partial charge in [-0.1, -0.05) is 31.4 Å². The van der Waals surface area contributed by atoms with Crippen molar-refractivity contribution in [3.8, 4) is 5.75 Å². The fourth-order valence-electron chi connectivity index (χ4n) is 4.58. The molecule has 0 aromatic heterocycles. The summed E-state index contributed by atoms with van der Waals surface area (Å²) < 4.78 is 11.3. The Morgan fingerprint density at radius 2 is 1.93 bits per heavy atom. The third kappa shape index (κ3) is 4.15. The molecule has 2 amide bonds. The van der Waals surface area contributed by atoms with Crippen LogP contribution in [0.15, 0.2) is 24.3 Å². The highest BCUT2D eigenvalue weighted by Gasteiger charge is 2.39. The van der Waals surface area contributed by atoms with E-state index in [2.05, 4.69) is 15.5 Å². The predicted octanol–water partition coefficient (Wildman–Crippen LogP) is 1.93. The minimum absolute atomic E-state index is 0.0139. The van der Waals surface area contributed by atoms with Crippen LogP contribution < -0.4 is 15.4 Å². The summed E-state index contributed by atoms with van der Waals surface area (Å²) in [6, 6.07) is 7.28. The number of fused-ring (bicyclic) bond motifs is 1. The van der Waals surface area contributed by atoms with Crippen molar-refractivity contribution in [3.05, 3.63) is 24.3 Å². The summed E-state index contributed by atoms with van der Waals surface area (Å²) in [5.41, 5.74) is 0.664. The van der Waals surface area contributed by atoms with Gasteiger partial charge in [-0.25, -0.2) is 0 Å². The van der Waals surface area contributed by atoms with E-state index in [0.29, 0.717) is 18.0 Å². The Kier molecular flexibility index (Phi) is 5.82. The molecule has 2 N–H and O–H groups in total. The zero-order chi connectivity index (χ0) is 19.4. The van der Waals surface area contributed by atoms with Gasteiger partial charge in [0.05, 0.1) is 25.3 Å². The average Bonchev–Trinajstić information content (AvgIpc) is 2.74. The normalized spacial score (nSPS) is 24.6. The first-order valence-electron chi connectivity index (χ1n) is 10.3. The lowest BCUT2D eigenvalue weighted by Crippen LogP contribution is -2.59. The molecular formula is C21H29N3O4. The maximum atomic E-state index is 12.6. The topological polar surface area (TPSA) is 79.9 Å². The largest absolute Gasteiger partial charge is 0.478 e. The van der Waals surface area contributed by atoms with Crippen molar-refractivity contribution in [2.24, 2.45) is 0 Å². The van der Waals surface area contributed by atoms with Gasteiger partial charge in [-0.05, 0) is 25.0 Å². The van der Waals surface area contributed by atoms with Crippen LogP contribution in [0.1, 0.15) is 38.5 Å². The molecule has 152 valence electrons. The van der Waals surface area contributed by atoms with Crippen molar-refractivity contribution in [1.29, 1.82) is 0 Å². The molecule has 1 aromatic carbocycles. The number of rotatable bonds is 5. The summed E-state index contributed by atoms with van der Waals surface area (Å²) in [6.07, 6.45) is 5.08. The first kappa shape index (κ1) is 19.2. The minimum atomic E-state index is -0.791. The van der Waals surface area contributed by atoms with Crippen molar-refractivity contribution in [1.82, 2.24) is 10.2 Å². The van der Waals surface area contributed by atoms with Crippen LogP contribution in [0.3, 0.4) is 0 Å². The maximum absolute atomic E-state index is 12.6. The second kappa shape index (κ2) is 8.49. The maximum Gasteiger partial charge on any atom is 0.266 e. The van der Waals surface area contributed by atoms with Crippen molar-refractivity contribution >= 4 is 17.5 Å². The van der Waals surface area contributed by atoms with Gasteiger partial charge >= 0.3 is 0 Å². The number of amides is 2. The monoisotopic (exact) mass is 387 g/mol. The number of hydrogen-bond acceptors (Lipinski definition) is 5. The fraction of sp³-hybridized carbons (Fsp3) is 0.619. The molecule has 0 spiro atoms. The molecule has 1 aliphatic carbocycles. The van der Waals surface area contributed by atoms with Crippen LogP contribution in [-0.2, 0) is 14.3 Å². The summed E-state index contributed by atoms with van der Waals surface area (Å²) in [7, 11) is 0. The number of carbonyl (C=O) groups excluding carboxylic acids is 2. The molecule has 4 rings (SSSR count). The molecule has 28 heavy (non-hydrogen) atoms. The lowest BCUT2D eigenvalue weighted by molar-refractivity contribution is -0.131. The molecule has 2 heterocycles. The van der Waals surface area contributed by atoms with E-state index in [-0.39, 0.29) is 23.8 Å². The Balaban J connectivity index is 1.35. The highest BCUT2D eigenvalue weighted by molar-refractivity contribution is 5.99. The van der Waals surface area contributed by atoms with Crippen LogP contribution in [0.5, 0.6) is 5.75 Å². The number of ether oxygens (including phenoxy) is 2. The Labute approximate surface area is 165 Å². The Morgan fingerprint density at radius 1 is 1.18 bits per heavy atom. The molecule has 1 atom stereocenters. The SMILES string of the molecule is O=C(C[C@H]1Oc2ccccc2NC1=O)NCC1(N2CCOCC2)CCCCC1. The first-order valence-corrected chi connectivity index (χ1v) is 10.3. The van der Waals surface area contributed by atoms with Crippen LogP contribution in [-0.4, -0.2) is 61.2 Å². The molecule has 7 heteroatoms. The highest BCUT2D eigenvalue weighted by atomic mass is 16.5. The summed E-state index contributed by atoms with van der Waals surface area (Å²) in [6.45, 7) is 3.97. The number of hydrogen-bond donors (Lipinski definition) is 2. The van der Waals surface area contributed by atoms with Crippen LogP contribution in [0.2, 0.25) is 0 Å². The van der Waals surface area contributed by atoms with E-state index < -0.39 is 6.10 Å². The van der Waals surface area contributed by atoms with E-state index in [1.54, 1.807) is 12.1 Å². The van der Waals surface area contributed by atoms with Gasteiger partial charge in [-0.15, -0.1) is 0 Å². The third-order valence-corrected chi connectivity index (χ3v) is 6.16. The number of benzene rings is 1. The number of nitrogens with one attached hydrogen (secondary N) is 2. The second-order valence-corrected chi connectivity index (χ2v) is 7.96. The quantitative estimate of drug-likeness (QED) is 0.807. The average molecular weight is 387 g/mol. The van der Waals surface area contributed by atoms with E-state index in [4.69, 9.17) is 9.47 Å². The zero-order valence-electron chi connectivity index (χ0n) is 16.2. The summed E-state index contributed by atoms with van der Waals surface area (Å²) in [5.74, 6) is 0.198. The highest BCUT2D eigenvalue weighted by Crippen LogP contribution is 2.34. The standard InChI is InChI=1S/C21H29N3O4/c25-19(14-18-20(26)23-16-6-2-3-7-17(16)28-18)22-15-21(8-4-1-5-9-21)24-10-12-27-13-11-24/h2-3,6-7,18H,1,4-5,8-15H2,(H,22,25)(H,23,26)/t18-/m1/s1. The van der Waals surface area contributed by atoms with Gasteiger partial charge in [0.15, 0.2) is 6.10 Å². The van der Waals surface area contributed by atoms with E-state index >= 15 is 0 Å².